The van der Waals surface area contributed by atoms with Gasteiger partial charge in [0.25, 0.3) is 0 Å². The van der Waals surface area contributed by atoms with Crippen LogP contribution in [0.2, 0.25) is 0 Å². The summed E-state index contributed by atoms with van der Waals surface area (Å²) >= 11 is 1.90. The van der Waals surface area contributed by atoms with E-state index in [0.717, 1.165) is 12.3 Å². The van der Waals surface area contributed by atoms with Gasteiger partial charge in [0.05, 0.1) is 7.11 Å². The summed E-state index contributed by atoms with van der Waals surface area (Å²) in [6.07, 6.45) is 0. The molecule has 5 heteroatoms. The molecule has 0 aromatic carbocycles. The lowest BCUT2D eigenvalue weighted by Crippen LogP contribution is -2.51. The molecular formula is C8H16N2O2S. The standard InChI is InChI=1S/C8H16N2O2S/c1-6-7(2)13-5-4-10(6)8(11)9-12-3/h6-7H,4-5H2,1-3H3,(H,9,11). The number of nitrogens with one attached hydrogen (secondary N) is 1. The molecule has 1 N–H and O–H groups in total. The van der Waals surface area contributed by atoms with E-state index in [0.29, 0.717) is 5.25 Å². The summed E-state index contributed by atoms with van der Waals surface area (Å²) in [6.45, 7) is 5.00. The van der Waals surface area contributed by atoms with E-state index < -0.39 is 0 Å². The van der Waals surface area contributed by atoms with Crippen molar-refractivity contribution in [2.24, 2.45) is 0 Å². The summed E-state index contributed by atoms with van der Waals surface area (Å²) in [6, 6.07) is 0.135. The molecule has 1 rings (SSSR count). The van der Waals surface area contributed by atoms with Crippen LogP contribution >= 0.6 is 11.8 Å². The number of amides is 2. The Morgan fingerprint density at radius 2 is 2.31 bits per heavy atom. The summed E-state index contributed by atoms with van der Waals surface area (Å²) in [7, 11) is 1.45. The highest BCUT2D eigenvalue weighted by atomic mass is 32.2. The van der Waals surface area contributed by atoms with Gasteiger partial charge in [-0.05, 0) is 6.92 Å². The number of hydrogen-bond acceptors (Lipinski definition) is 3. The minimum Gasteiger partial charge on any atom is -0.318 e. The second-order valence-corrected chi connectivity index (χ2v) is 4.61. The molecule has 0 aliphatic carbocycles. The molecule has 2 atom stereocenters. The molecule has 1 aliphatic heterocycles. The SMILES string of the molecule is CONC(=O)N1CCSC(C)C1C. The number of urea groups is 1. The molecule has 1 saturated heterocycles. The lowest BCUT2D eigenvalue weighted by Gasteiger charge is -2.36. The fourth-order valence-corrected chi connectivity index (χ4v) is 2.47. The van der Waals surface area contributed by atoms with Crippen molar-refractivity contribution in [1.82, 2.24) is 10.4 Å². The number of carbonyl (C=O) groups excluding carboxylic acids is 1. The maximum atomic E-state index is 11.4. The Morgan fingerprint density at radius 3 is 2.92 bits per heavy atom. The predicted molar refractivity (Wildman–Crippen MR) is 53.6 cm³/mol. The first-order valence-electron chi connectivity index (χ1n) is 4.38. The van der Waals surface area contributed by atoms with Crippen LogP contribution in [0.15, 0.2) is 0 Å². The van der Waals surface area contributed by atoms with Crippen molar-refractivity contribution in [3.05, 3.63) is 0 Å². The van der Waals surface area contributed by atoms with Gasteiger partial charge in [-0.15, -0.1) is 0 Å². The molecule has 4 nitrogen and oxygen atoms in total. The van der Waals surface area contributed by atoms with Crippen molar-refractivity contribution in [1.29, 1.82) is 0 Å². The van der Waals surface area contributed by atoms with Crippen LogP contribution < -0.4 is 5.48 Å². The first-order chi connectivity index (χ1) is 6.16. The van der Waals surface area contributed by atoms with Gasteiger partial charge in [-0.25, -0.2) is 10.3 Å². The second kappa shape index (κ2) is 4.72. The van der Waals surface area contributed by atoms with Crippen LogP contribution in [0.4, 0.5) is 4.79 Å². The van der Waals surface area contributed by atoms with E-state index in [1.54, 1.807) is 0 Å². The minimum atomic E-state index is -0.137. The number of thioether (sulfide) groups is 1. The Balaban J connectivity index is 2.52. The Labute approximate surface area is 82.9 Å². The van der Waals surface area contributed by atoms with Crippen molar-refractivity contribution in [3.63, 3.8) is 0 Å². The zero-order chi connectivity index (χ0) is 9.84. The molecule has 0 spiro atoms. The lowest BCUT2D eigenvalue weighted by molar-refractivity contribution is 0.0802. The van der Waals surface area contributed by atoms with Gasteiger partial charge in [0.2, 0.25) is 0 Å². The smallest absolute Gasteiger partial charge is 0.318 e. The molecule has 0 saturated carbocycles. The average molecular weight is 204 g/mol. The van der Waals surface area contributed by atoms with E-state index in [1.165, 1.54) is 7.11 Å². The lowest BCUT2D eigenvalue weighted by atomic mass is 10.2. The van der Waals surface area contributed by atoms with Gasteiger partial charge in [-0.2, -0.15) is 11.8 Å². The monoisotopic (exact) mass is 204 g/mol. The first kappa shape index (κ1) is 10.7. The van der Waals surface area contributed by atoms with Gasteiger partial charge in [-0.3, -0.25) is 4.84 Å². The Kier molecular flexibility index (Phi) is 3.87. The van der Waals surface area contributed by atoms with Crippen LogP contribution in [-0.2, 0) is 4.84 Å². The molecule has 0 aromatic rings. The molecule has 0 radical (unpaired) electrons. The Bertz CT molecular complexity index is 189. The van der Waals surface area contributed by atoms with Crippen molar-refractivity contribution >= 4 is 17.8 Å². The number of rotatable bonds is 1. The zero-order valence-electron chi connectivity index (χ0n) is 8.24. The summed E-state index contributed by atoms with van der Waals surface area (Å²) in [4.78, 5) is 17.8. The van der Waals surface area contributed by atoms with Crippen LogP contribution in [-0.4, -0.2) is 41.6 Å². The Hall–Kier alpha value is -0.420. The van der Waals surface area contributed by atoms with E-state index in [1.807, 2.05) is 16.7 Å². The minimum absolute atomic E-state index is 0.137. The first-order valence-corrected chi connectivity index (χ1v) is 5.43. The fourth-order valence-electron chi connectivity index (χ4n) is 1.37. The van der Waals surface area contributed by atoms with Crippen LogP contribution in [0.3, 0.4) is 0 Å². The van der Waals surface area contributed by atoms with E-state index in [9.17, 15) is 4.79 Å². The van der Waals surface area contributed by atoms with Gasteiger partial charge < -0.3 is 4.90 Å². The van der Waals surface area contributed by atoms with E-state index in [4.69, 9.17) is 0 Å². The molecule has 0 aromatic heterocycles. The predicted octanol–water partition coefficient (Wildman–Crippen LogP) is 1.08. The summed E-state index contributed by atoms with van der Waals surface area (Å²) < 4.78 is 0. The largest absolute Gasteiger partial charge is 0.341 e. The van der Waals surface area contributed by atoms with Crippen molar-refractivity contribution in [2.75, 3.05) is 19.4 Å². The van der Waals surface area contributed by atoms with Crippen LogP contribution in [0.1, 0.15) is 13.8 Å². The number of carbonyl (C=O) groups is 1. The van der Waals surface area contributed by atoms with Gasteiger partial charge >= 0.3 is 6.03 Å². The van der Waals surface area contributed by atoms with Crippen LogP contribution in [0.5, 0.6) is 0 Å². The fraction of sp³-hybridized carbons (Fsp3) is 0.875. The normalized spacial score (nSPS) is 28.7. The highest BCUT2D eigenvalue weighted by Crippen LogP contribution is 2.23. The van der Waals surface area contributed by atoms with Crippen molar-refractivity contribution < 1.29 is 9.63 Å². The number of hydrogen-bond donors (Lipinski definition) is 1. The third kappa shape index (κ3) is 2.51. The molecule has 76 valence electrons. The van der Waals surface area contributed by atoms with Crippen LogP contribution in [0.25, 0.3) is 0 Å². The number of nitrogens with zero attached hydrogens (tertiary/aromatic N) is 1. The van der Waals surface area contributed by atoms with E-state index in [-0.39, 0.29) is 12.1 Å². The summed E-state index contributed by atoms with van der Waals surface area (Å²) in [5, 5.41) is 0.497. The molecule has 2 amide bonds. The second-order valence-electron chi connectivity index (χ2n) is 3.12. The van der Waals surface area contributed by atoms with Crippen molar-refractivity contribution in [3.8, 4) is 0 Å². The average Bonchev–Trinajstić information content (AvgIpc) is 2.10. The summed E-state index contributed by atoms with van der Waals surface area (Å²) in [5.74, 6) is 1.00. The summed E-state index contributed by atoms with van der Waals surface area (Å²) in [5.41, 5.74) is 2.34. The molecule has 0 bridgehead atoms. The topological polar surface area (TPSA) is 41.6 Å². The molecule has 1 fully saturated rings. The highest BCUT2D eigenvalue weighted by molar-refractivity contribution is 8.00. The Morgan fingerprint density at radius 1 is 1.62 bits per heavy atom. The van der Waals surface area contributed by atoms with Gasteiger partial charge in [0.1, 0.15) is 0 Å². The maximum Gasteiger partial charge on any atom is 0.341 e. The van der Waals surface area contributed by atoms with Crippen LogP contribution in [0, 0.1) is 0 Å². The van der Waals surface area contributed by atoms with Gasteiger partial charge in [-0.1, -0.05) is 6.92 Å². The molecule has 1 heterocycles. The third-order valence-electron chi connectivity index (χ3n) is 2.33. The molecule has 2 unspecified atom stereocenters. The molecule has 13 heavy (non-hydrogen) atoms. The van der Waals surface area contributed by atoms with E-state index in [2.05, 4.69) is 24.2 Å². The maximum absolute atomic E-state index is 11.4. The van der Waals surface area contributed by atoms with Gasteiger partial charge in [0, 0.05) is 23.6 Å². The van der Waals surface area contributed by atoms with Crippen molar-refractivity contribution in [2.45, 2.75) is 25.1 Å². The van der Waals surface area contributed by atoms with E-state index >= 15 is 0 Å². The zero-order valence-corrected chi connectivity index (χ0v) is 9.06. The number of hydroxylamine groups is 1. The van der Waals surface area contributed by atoms with Gasteiger partial charge in [0.15, 0.2) is 0 Å². The molecular weight excluding hydrogens is 188 g/mol. The highest BCUT2D eigenvalue weighted by Gasteiger charge is 2.28. The third-order valence-corrected chi connectivity index (χ3v) is 3.67. The molecule has 1 aliphatic rings. The quantitative estimate of drug-likeness (QED) is 0.650.